The molecule has 0 heterocycles. The van der Waals surface area contributed by atoms with Crippen molar-refractivity contribution in [2.75, 3.05) is 72.7 Å². The molecule has 0 radical (unpaired) electrons. The van der Waals surface area contributed by atoms with Gasteiger partial charge in [-0.15, -0.1) is 0 Å². The standard InChI is InChI=1S/C42H86O14S.Na/c1-12-13-14-15-16-17-18-19-20-21-22-46-23-33(2)47-24-34(3)48-25-35(4)49-26-36(5)50-27-37(6)51-28-38(7)52-29-39(8)53-30-40(9)54-31-41(10)55-32-42(11)56-57(43,44)45;/h33-42H,12-32H2,1-11H3,(H,43,44,45);/q;+1/p-1. The molecule has 16 heteroatoms. The van der Waals surface area contributed by atoms with Crippen LogP contribution >= 0.6 is 0 Å². The van der Waals surface area contributed by atoms with Crippen LogP contribution in [-0.4, -0.2) is 147 Å². The summed E-state index contributed by atoms with van der Waals surface area (Å²) in [4.78, 5) is 0. The number of hydrogen-bond donors (Lipinski definition) is 0. The number of rotatable bonds is 42. The van der Waals surface area contributed by atoms with Crippen molar-refractivity contribution in [2.24, 2.45) is 0 Å². The topological polar surface area (TPSA) is 159 Å². The number of hydrogen-bond acceptors (Lipinski definition) is 14. The summed E-state index contributed by atoms with van der Waals surface area (Å²) in [6.45, 7) is 26.0. The molecule has 0 bridgehead atoms. The van der Waals surface area contributed by atoms with Crippen LogP contribution in [0.4, 0.5) is 0 Å². The van der Waals surface area contributed by atoms with Crippen molar-refractivity contribution in [1.82, 2.24) is 0 Å². The van der Waals surface area contributed by atoms with Crippen LogP contribution in [0.1, 0.15) is 140 Å². The van der Waals surface area contributed by atoms with Gasteiger partial charge in [-0.2, -0.15) is 0 Å². The fourth-order valence-corrected chi connectivity index (χ4v) is 5.76. The summed E-state index contributed by atoms with van der Waals surface area (Å²) < 4.78 is 94.8. The van der Waals surface area contributed by atoms with E-state index < -0.39 is 16.5 Å². The molecule has 344 valence electrons. The average molecular weight is 869 g/mol. The predicted octanol–water partition coefficient (Wildman–Crippen LogP) is 4.44. The molecule has 0 rings (SSSR count). The van der Waals surface area contributed by atoms with Crippen molar-refractivity contribution >= 4 is 10.4 Å². The van der Waals surface area contributed by atoms with Crippen LogP contribution in [0.5, 0.6) is 0 Å². The van der Waals surface area contributed by atoms with Gasteiger partial charge in [-0.25, -0.2) is 8.42 Å². The Hall–Kier alpha value is 0.470. The minimum absolute atomic E-state index is 0. The van der Waals surface area contributed by atoms with Crippen LogP contribution in [0, 0.1) is 0 Å². The molecule has 0 aromatic heterocycles. The fourth-order valence-electron chi connectivity index (χ4n) is 5.30. The minimum Gasteiger partial charge on any atom is -0.726 e. The molecule has 0 aliphatic heterocycles. The quantitative estimate of drug-likeness (QED) is 0.0367. The summed E-state index contributed by atoms with van der Waals surface area (Å²) in [6.07, 6.45) is 11.3. The Labute approximate surface area is 376 Å². The first kappa shape index (κ1) is 60.6. The molecule has 0 aromatic carbocycles. The zero-order chi connectivity index (χ0) is 42.9. The minimum atomic E-state index is -4.76. The summed E-state index contributed by atoms with van der Waals surface area (Å²) in [5.41, 5.74) is 0. The average Bonchev–Trinajstić information content (AvgIpc) is 3.16. The Bertz CT molecular complexity index is 999. The Kier molecular flexibility index (Phi) is 40.8. The Morgan fingerprint density at radius 1 is 0.362 bits per heavy atom. The van der Waals surface area contributed by atoms with E-state index in [-0.39, 0.29) is 97.7 Å². The first-order valence-electron chi connectivity index (χ1n) is 21.8. The molecule has 0 amide bonds. The second-order valence-corrected chi connectivity index (χ2v) is 16.9. The smallest absolute Gasteiger partial charge is 0.726 e. The molecule has 14 nitrogen and oxygen atoms in total. The Morgan fingerprint density at radius 2 is 0.586 bits per heavy atom. The monoisotopic (exact) mass is 869 g/mol. The van der Waals surface area contributed by atoms with Crippen LogP contribution in [0.15, 0.2) is 0 Å². The van der Waals surface area contributed by atoms with E-state index >= 15 is 0 Å². The maximum atomic E-state index is 10.6. The maximum absolute atomic E-state index is 10.6. The molecule has 0 saturated carbocycles. The van der Waals surface area contributed by atoms with E-state index in [0.29, 0.717) is 52.9 Å². The third-order valence-electron chi connectivity index (χ3n) is 8.82. The third kappa shape index (κ3) is 41.8. The van der Waals surface area contributed by atoms with E-state index in [9.17, 15) is 13.0 Å². The second-order valence-electron chi connectivity index (χ2n) is 15.9. The van der Waals surface area contributed by atoms with E-state index in [4.69, 9.17) is 47.4 Å². The van der Waals surface area contributed by atoms with Gasteiger partial charge in [0.2, 0.25) is 10.4 Å². The van der Waals surface area contributed by atoms with Crippen molar-refractivity contribution in [3.8, 4) is 0 Å². The molecule has 10 atom stereocenters. The van der Waals surface area contributed by atoms with E-state index in [1.54, 1.807) is 6.92 Å². The molecule has 0 fully saturated rings. The maximum Gasteiger partial charge on any atom is 1.00 e. The van der Waals surface area contributed by atoms with Crippen LogP contribution in [0.3, 0.4) is 0 Å². The van der Waals surface area contributed by atoms with Gasteiger partial charge in [-0.3, -0.25) is 4.18 Å². The number of ether oxygens (including phenoxy) is 10. The Morgan fingerprint density at radius 3 is 0.845 bits per heavy atom. The van der Waals surface area contributed by atoms with Gasteiger partial charge >= 0.3 is 29.6 Å². The largest absolute Gasteiger partial charge is 1.00 e. The molecule has 0 aliphatic rings. The Balaban J connectivity index is 0. The molecule has 0 N–H and O–H groups in total. The van der Waals surface area contributed by atoms with Crippen molar-refractivity contribution in [3.05, 3.63) is 0 Å². The molecule has 0 aliphatic carbocycles. The SMILES string of the molecule is CCCCCCCCCCCCOCC(C)OCC(C)OCC(C)OCC(C)OCC(C)OCC(C)OCC(C)OCC(C)OCC(C)OCC(C)OS(=O)(=O)[O-].[Na+]. The number of unbranched alkanes of at least 4 members (excludes halogenated alkanes) is 9. The summed E-state index contributed by atoms with van der Waals surface area (Å²) in [7, 11) is -4.76. The molecule has 0 saturated heterocycles. The fraction of sp³-hybridized carbons (Fsp3) is 1.00. The summed E-state index contributed by atoms with van der Waals surface area (Å²) in [5, 5.41) is 0. The van der Waals surface area contributed by atoms with E-state index in [2.05, 4.69) is 11.1 Å². The van der Waals surface area contributed by atoms with E-state index in [0.717, 1.165) is 13.0 Å². The summed E-state index contributed by atoms with van der Waals surface area (Å²) in [5.74, 6) is 0. The summed E-state index contributed by atoms with van der Waals surface area (Å²) >= 11 is 0. The molecule has 0 spiro atoms. The van der Waals surface area contributed by atoms with Crippen molar-refractivity contribution < 1.29 is 94.1 Å². The molecular weight excluding hydrogens is 784 g/mol. The van der Waals surface area contributed by atoms with E-state index in [1.807, 2.05) is 55.4 Å². The van der Waals surface area contributed by atoms with Gasteiger partial charge in [0.15, 0.2) is 0 Å². The van der Waals surface area contributed by atoms with Crippen LogP contribution in [0.25, 0.3) is 0 Å². The zero-order valence-electron chi connectivity index (χ0n) is 38.7. The van der Waals surface area contributed by atoms with Crippen molar-refractivity contribution in [3.63, 3.8) is 0 Å². The summed E-state index contributed by atoms with van der Waals surface area (Å²) in [6, 6.07) is 0. The van der Waals surface area contributed by atoms with E-state index in [1.165, 1.54) is 64.7 Å². The van der Waals surface area contributed by atoms with Crippen LogP contribution in [-0.2, 0) is 62.0 Å². The first-order chi connectivity index (χ1) is 27.0. The predicted molar refractivity (Wildman–Crippen MR) is 222 cm³/mol. The molecule has 58 heavy (non-hydrogen) atoms. The molecule has 0 aromatic rings. The van der Waals surface area contributed by atoms with Crippen molar-refractivity contribution in [1.29, 1.82) is 0 Å². The second kappa shape index (κ2) is 39.1. The third-order valence-corrected chi connectivity index (χ3v) is 9.38. The van der Waals surface area contributed by atoms with Gasteiger partial charge in [-0.1, -0.05) is 64.7 Å². The van der Waals surface area contributed by atoms with Gasteiger partial charge in [0.25, 0.3) is 0 Å². The van der Waals surface area contributed by atoms with Gasteiger partial charge in [0.05, 0.1) is 127 Å². The van der Waals surface area contributed by atoms with Gasteiger partial charge in [0, 0.05) is 6.61 Å². The molecular formula is C42H85NaO14S. The molecule has 10 unspecified atom stereocenters. The normalized spacial score (nSPS) is 17.4. The van der Waals surface area contributed by atoms with Gasteiger partial charge < -0.3 is 51.9 Å². The van der Waals surface area contributed by atoms with Gasteiger partial charge in [0.1, 0.15) is 0 Å². The zero-order valence-corrected chi connectivity index (χ0v) is 41.6. The first-order valence-corrected chi connectivity index (χ1v) is 23.1. The van der Waals surface area contributed by atoms with Crippen LogP contribution in [0.2, 0.25) is 0 Å². The van der Waals surface area contributed by atoms with Crippen LogP contribution < -0.4 is 29.6 Å². The van der Waals surface area contributed by atoms with Crippen molar-refractivity contribution in [2.45, 2.75) is 201 Å². The van der Waals surface area contributed by atoms with Gasteiger partial charge in [-0.05, 0) is 75.7 Å².